The van der Waals surface area contributed by atoms with Crippen LogP contribution >= 0.6 is 0 Å². The molecule has 204 valence electrons. The van der Waals surface area contributed by atoms with Crippen molar-refractivity contribution in [2.75, 3.05) is 26.2 Å². The van der Waals surface area contributed by atoms with E-state index in [0.29, 0.717) is 0 Å². The van der Waals surface area contributed by atoms with Crippen LogP contribution < -0.4 is 21.3 Å². The SMILES string of the molecule is CC(C)(C)C(=O)NCC(=O)NCCC/C(C(=O)O)=C(/CCCNC(=O)CNC(=O)C(C)(C)C)C(=O)O. The molecule has 0 bridgehead atoms. The van der Waals surface area contributed by atoms with Crippen LogP contribution in [0.3, 0.4) is 0 Å². The Labute approximate surface area is 211 Å². The normalized spacial score (nSPS) is 12.2. The fourth-order valence-electron chi connectivity index (χ4n) is 2.74. The molecule has 0 saturated carbocycles. The fourth-order valence-corrected chi connectivity index (χ4v) is 2.74. The van der Waals surface area contributed by atoms with E-state index in [1.807, 2.05) is 0 Å². The molecule has 0 spiro atoms. The van der Waals surface area contributed by atoms with Gasteiger partial charge < -0.3 is 31.5 Å². The molecular weight excluding hydrogens is 472 g/mol. The van der Waals surface area contributed by atoms with Gasteiger partial charge in [0.25, 0.3) is 0 Å². The number of carboxylic acids is 2. The van der Waals surface area contributed by atoms with E-state index in [-0.39, 0.29) is 74.8 Å². The van der Waals surface area contributed by atoms with Crippen LogP contribution in [0.25, 0.3) is 0 Å². The second kappa shape index (κ2) is 14.8. The molecule has 0 unspecified atom stereocenters. The van der Waals surface area contributed by atoms with Crippen molar-refractivity contribution in [3.63, 3.8) is 0 Å². The monoisotopic (exact) mass is 512 g/mol. The van der Waals surface area contributed by atoms with Crippen molar-refractivity contribution in [2.45, 2.75) is 67.2 Å². The Morgan fingerprint density at radius 2 is 0.861 bits per heavy atom. The molecule has 0 atom stereocenters. The van der Waals surface area contributed by atoms with Crippen LogP contribution in [0.5, 0.6) is 0 Å². The Kier molecular flexibility index (Phi) is 13.4. The largest absolute Gasteiger partial charge is 0.478 e. The summed E-state index contributed by atoms with van der Waals surface area (Å²) in [7, 11) is 0. The first-order valence-electron chi connectivity index (χ1n) is 11.8. The molecule has 0 radical (unpaired) electrons. The van der Waals surface area contributed by atoms with Crippen LogP contribution in [0.4, 0.5) is 0 Å². The predicted molar refractivity (Wildman–Crippen MR) is 132 cm³/mol. The van der Waals surface area contributed by atoms with E-state index in [9.17, 15) is 39.0 Å². The van der Waals surface area contributed by atoms with Gasteiger partial charge in [-0.2, -0.15) is 0 Å². The van der Waals surface area contributed by atoms with Gasteiger partial charge in [-0.15, -0.1) is 0 Å². The standard InChI is InChI=1S/C24H40N4O8/c1-23(2,3)21(35)27-13-17(29)25-11-7-9-15(19(31)32)16(20(33)34)10-8-12-26-18(30)14-28-22(36)24(4,5)6/h7-14H2,1-6H3,(H,25,29)(H,26,30)(H,27,35)(H,28,36)(H,31,32)(H,33,34)/b16-15+. The zero-order chi connectivity index (χ0) is 28.1. The van der Waals surface area contributed by atoms with Crippen molar-refractivity contribution < 1.29 is 39.0 Å². The van der Waals surface area contributed by atoms with E-state index in [0.717, 1.165) is 0 Å². The summed E-state index contributed by atoms with van der Waals surface area (Å²) in [5, 5.41) is 29.1. The molecule has 0 aliphatic carbocycles. The summed E-state index contributed by atoms with van der Waals surface area (Å²) >= 11 is 0. The second-order valence-electron chi connectivity index (χ2n) is 10.3. The zero-order valence-electron chi connectivity index (χ0n) is 22.0. The number of nitrogens with one attached hydrogen (secondary N) is 4. The van der Waals surface area contributed by atoms with Crippen molar-refractivity contribution in [1.29, 1.82) is 0 Å². The van der Waals surface area contributed by atoms with E-state index >= 15 is 0 Å². The molecule has 0 aromatic carbocycles. The van der Waals surface area contributed by atoms with Gasteiger partial charge >= 0.3 is 11.9 Å². The number of amides is 4. The van der Waals surface area contributed by atoms with Crippen molar-refractivity contribution in [3.05, 3.63) is 11.1 Å². The molecule has 0 aromatic heterocycles. The third-order valence-electron chi connectivity index (χ3n) is 4.91. The molecule has 12 heteroatoms. The number of hydrogen-bond donors (Lipinski definition) is 6. The summed E-state index contributed by atoms with van der Waals surface area (Å²) in [6, 6.07) is 0. The topological polar surface area (TPSA) is 191 Å². The smallest absolute Gasteiger partial charge is 0.332 e. The lowest BCUT2D eigenvalue weighted by atomic mass is 9.96. The second-order valence-corrected chi connectivity index (χ2v) is 10.3. The van der Waals surface area contributed by atoms with Crippen LogP contribution in [0.15, 0.2) is 11.1 Å². The lowest BCUT2D eigenvalue weighted by Crippen LogP contribution is -2.42. The number of carbonyl (C=O) groups is 6. The van der Waals surface area contributed by atoms with Crippen molar-refractivity contribution >= 4 is 35.6 Å². The summed E-state index contributed by atoms with van der Waals surface area (Å²) in [6.07, 6.45) is 0.191. The number of rotatable bonds is 14. The minimum atomic E-state index is -1.37. The Bertz CT molecular complexity index is 796. The van der Waals surface area contributed by atoms with Crippen molar-refractivity contribution in [3.8, 4) is 0 Å². The molecule has 0 rings (SSSR count). The highest BCUT2D eigenvalue weighted by Gasteiger charge is 2.23. The number of carboxylic acid groups (broad SMARTS) is 2. The van der Waals surface area contributed by atoms with E-state index in [1.165, 1.54) is 0 Å². The van der Waals surface area contributed by atoms with Gasteiger partial charge in [-0.1, -0.05) is 41.5 Å². The van der Waals surface area contributed by atoms with Crippen LogP contribution in [-0.2, 0) is 28.8 Å². The minimum Gasteiger partial charge on any atom is -0.478 e. The summed E-state index contributed by atoms with van der Waals surface area (Å²) in [5.41, 5.74) is -1.83. The van der Waals surface area contributed by atoms with Gasteiger partial charge in [0.05, 0.1) is 13.1 Å². The molecule has 0 heterocycles. The average Bonchev–Trinajstić information content (AvgIpc) is 2.74. The Morgan fingerprint density at radius 1 is 0.556 bits per heavy atom. The highest BCUT2D eigenvalue weighted by molar-refractivity contribution is 5.98. The predicted octanol–water partition coefficient (Wildman–Crippen LogP) is 0.570. The lowest BCUT2D eigenvalue weighted by Gasteiger charge is -2.17. The number of hydrogen-bond acceptors (Lipinski definition) is 6. The molecule has 36 heavy (non-hydrogen) atoms. The van der Waals surface area contributed by atoms with Gasteiger partial charge in [0, 0.05) is 35.1 Å². The first-order chi connectivity index (χ1) is 16.5. The molecule has 6 N–H and O–H groups in total. The summed E-state index contributed by atoms with van der Waals surface area (Å²) in [6.45, 7) is 10.0. The van der Waals surface area contributed by atoms with Gasteiger partial charge in [0.1, 0.15) is 0 Å². The third-order valence-corrected chi connectivity index (χ3v) is 4.91. The number of aliphatic carboxylic acids is 2. The van der Waals surface area contributed by atoms with Gasteiger partial charge in [0.2, 0.25) is 23.6 Å². The molecule has 0 aliphatic rings. The molecule has 0 aromatic rings. The first-order valence-corrected chi connectivity index (χ1v) is 11.8. The Morgan fingerprint density at radius 3 is 1.11 bits per heavy atom. The van der Waals surface area contributed by atoms with Gasteiger partial charge in [0.15, 0.2) is 0 Å². The van der Waals surface area contributed by atoms with Crippen molar-refractivity contribution in [1.82, 2.24) is 21.3 Å². The van der Waals surface area contributed by atoms with E-state index in [2.05, 4.69) is 21.3 Å². The van der Waals surface area contributed by atoms with Gasteiger partial charge in [-0.25, -0.2) is 9.59 Å². The summed E-state index contributed by atoms with van der Waals surface area (Å²) < 4.78 is 0. The van der Waals surface area contributed by atoms with Gasteiger partial charge in [-0.05, 0) is 25.7 Å². The average molecular weight is 513 g/mol. The Hall–Kier alpha value is -3.44. The highest BCUT2D eigenvalue weighted by Crippen LogP contribution is 2.17. The number of carbonyl (C=O) groups excluding carboxylic acids is 4. The zero-order valence-corrected chi connectivity index (χ0v) is 22.0. The molecule has 0 saturated heterocycles. The van der Waals surface area contributed by atoms with Crippen LogP contribution in [0, 0.1) is 10.8 Å². The maximum atomic E-state index is 11.9. The fraction of sp³-hybridized carbons (Fsp3) is 0.667. The third kappa shape index (κ3) is 13.4. The highest BCUT2D eigenvalue weighted by atomic mass is 16.4. The van der Waals surface area contributed by atoms with Crippen LogP contribution in [0.1, 0.15) is 67.2 Å². The quantitative estimate of drug-likeness (QED) is 0.144. The van der Waals surface area contributed by atoms with Crippen LogP contribution in [0.2, 0.25) is 0 Å². The minimum absolute atomic E-state index is 0.0865. The molecule has 0 aliphatic heterocycles. The van der Waals surface area contributed by atoms with E-state index in [4.69, 9.17) is 0 Å². The maximum absolute atomic E-state index is 11.9. The molecule has 0 fully saturated rings. The van der Waals surface area contributed by atoms with Crippen LogP contribution in [-0.4, -0.2) is 72.0 Å². The van der Waals surface area contributed by atoms with Crippen molar-refractivity contribution in [2.24, 2.45) is 10.8 Å². The van der Waals surface area contributed by atoms with E-state index in [1.54, 1.807) is 41.5 Å². The molecular formula is C24H40N4O8. The summed E-state index contributed by atoms with van der Waals surface area (Å²) in [5.74, 6) is -4.20. The van der Waals surface area contributed by atoms with Gasteiger partial charge in [-0.3, -0.25) is 19.2 Å². The summed E-state index contributed by atoms with van der Waals surface area (Å²) in [4.78, 5) is 70.6. The Balaban J connectivity index is 4.68. The maximum Gasteiger partial charge on any atom is 0.332 e. The first kappa shape index (κ1) is 32.6. The lowest BCUT2D eigenvalue weighted by molar-refractivity contribution is -0.136. The van der Waals surface area contributed by atoms with E-state index < -0.39 is 34.6 Å². The molecule has 12 nitrogen and oxygen atoms in total. The molecule has 4 amide bonds.